The number of halogens is 1. The molecule has 8 nitrogen and oxygen atoms in total. The Kier molecular flexibility index (Phi) is 6.09. The van der Waals surface area contributed by atoms with Crippen molar-refractivity contribution < 1.29 is 10.0 Å². The summed E-state index contributed by atoms with van der Waals surface area (Å²) < 4.78 is 1.51. The zero-order chi connectivity index (χ0) is 21.8. The van der Waals surface area contributed by atoms with Crippen molar-refractivity contribution in [2.24, 2.45) is 4.99 Å². The predicted molar refractivity (Wildman–Crippen MR) is 115 cm³/mol. The van der Waals surface area contributed by atoms with E-state index >= 15 is 0 Å². The Morgan fingerprint density at radius 3 is 2.60 bits per heavy atom. The Bertz CT molecular complexity index is 1260. The van der Waals surface area contributed by atoms with Gasteiger partial charge < -0.3 is 5.11 Å². The molecular weight excluding hydrogens is 452 g/mol. The lowest BCUT2D eigenvalue weighted by molar-refractivity contribution is -0.384. The molecule has 0 aliphatic heterocycles. The summed E-state index contributed by atoms with van der Waals surface area (Å²) in [5.41, 5.74) is 0.904. The number of non-ortho nitro benzene ring substituents is 1. The number of benzene rings is 2. The number of aromatic hydroxyl groups is 1. The van der Waals surface area contributed by atoms with Gasteiger partial charge in [0.1, 0.15) is 11.6 Å². The minimum Gasteiger partial charge on any atom is -0.494 e. The molecule has 3 aromatic rings. The smallest absolute Gasteiger partial charge is 0.271 e. The molecule has 0 aliphatic rings. The second-order valence-corrected chi connectivity index (χ2v) is 7.23. The van der Waals surface area contributed by atoms with E-state index in [0.29, 0.717) is 15.7 Å². The second kappa shape index (κ2) is 8.71. The maximum atomic E-state index is 12.7. The van der Waals surface area contributed by atoms with Crippen LogP contribution in [-0.2, 0) is 6.54 Å². The fourth-order valence-corrected chi connectivity index (χ4v) is 3.36. The van der Waals surface area contributed by atoms with E-state index in [-0.39, 0.29) is 29.2 Å². The van der Waals surface area contributed by atoms with Crippen molar-refractivity contribution in [3.63, 3.8) is 0 Å². The van der Waals surface area contributed by atoms with Crippen LogP contribution in [0.5, 0.6) is 5.88 Å². The Hall–Kier alpha value is -3.77. The van der Waals surface area contributed by atoms with Gasteiger partial charge in [-0.05, 0) is 40.0 Å². The monoisotopic (exact) mass is 466 g/mol. The molecule has 0 unspecified atom stereocenters. The van der Waals surface area contributed by atoms with Gasteiger partial charge in [0.15, 0.2) is 0 Å². The Morgan fingerprint density at radius 2 is 2.00 bits per heavy atom. The fraction of sp³-hybridized carbons (Fsp3) is 0.0952. The lowest BCUT2D eigenvalue weighted by atomic mass is 10.1. The number of nitrogens with zero attached hydrogens (tertiary/aromatic N) is 4. The van der Waals surface area contributed by atoms with Crippen molar-refractivity contribution in [2.45, 2.75) is 13.5 Å². The number of rotatable bonds is 5. The van der Waals surface area contributed by atoms with E-state index in [1.165, 1.54) is 24.4 Å². The molecule has 0 amide bonds. The summed E-state index contributed by atoms with van der Waals surface area (Å²) in [6.07, 6.45) is 1.33. The quantitative estimate of drug-likeness (QED) is 0.342. The van der Waals surface area contributed by atoms with Gasteiger partial charge in [-0.25, -0.2) is 0 Å². The molecule has 0 aliphatic carbocycles. The van der Waals surface area contributed by atoms with E-state index in [0.717, 1.165) is 10.1 Å². The summed E-state index contributed by atoms with van der Waals surface area (Å²) in [6.45, 7) is 1.64. The van der Waals surface area contributed by atoms with Gasteiger partial charge in [-0.15, -0.1) is 0 Å². The van der Waals surface area contributed by atoms with E-state index in [4.69, 9.17) is 0 Å². The molecule has 0 spiro atoms. The topological polar surface area (TPSA) is 122 Å². The van der Waals surface area contributed by atoms with E-state index in [1.54, 1.807) is 19.1 Å². The number of nitro groups is 1. The van der Waals surface area contributed by atoms with Crippen molar-refractivity contribution in [3.05, 3.63) is 95.7 Å². The molecule has 9 heteroatoms. The molecule has 0 saturated heterocycles. The third-order valence-electron chi connectivity index (χ3n) is 4.50. The van der Waals surface area contributed by atoms with Gasteiger partial charge in [-0.3, -0.25) is 24.5 Å². The summed E-state index contributed by atoms with van der Waals surface area (Å²) in [5, 5.41) is 31.1. The van der Waals surface area contributed by atoms with Crippen molar-refractivity contribution in [1.82, 2.24) is 4.57 Å². The number of aliphatic imine (C=N–C) groups is 1. The molecule has 1 N–H and O–H groups in total. The van der Waals surface area contributed by atoms with Crippen molar-refractivity contribution in [3.8, 4) is 11.9 Å². The maximum absolute atomic E-state index is 12.7. The minimum atomic E-state index is -0.593. The average Bonchev–Trinajstić information content (AvgIpc) is 2.73. The number of nitriles is 1. The first-order valence-corrected chi connectivity index (χ1v) is 9.51. The SMILES string of the molecule is Cc1c(C=Nc2ccc([N+](=O)[O-])cc2Br)c(O)n(Cc2ccccc2)c(=O)c1C#N. The van der Waals surface area contributed by atoms with Crippen LogP contribution in [0.15, 0.2) is 62.8 Å². The number of pyridine rings is 1. The first-order chi connectivity index (χ1) is 14.3. The van der Waals surface area contributed by atoms with E-state index < -0.39 is 10.5 Å². The van der Waals surface area contributed by atoms with Gasteiger partial charge in [0.25, 0.3) is 11.2 Å². The zero-order valence-electron chi connectivity index (χ0n) is 15.7. The second-order valence-electron chi connectivity index (χ2n) is 6.38. The van der Waals surface area contributed by atoms with Crippen LogP contribution >= 0.6 is 15.9 Å². The van der Waals surface area contributed by atoms with Crippen LogP contribution in [0.1, 0.15) is 22.3 Å². The molecule has 0 fully saturated rings. The summed E-state index contributed by atoms with van der Waals surface area (Å²) in [4.78, 5) is 27.3. The van der Waals surface area contributed by atoms with Crippen LogP contribution in [0.4, 0.5) is 11.4 Å². The van der Waals surface area contributed by atoms with Crippen LogP contribution in [0.25, 0.3) is 0 Å². The summed E-state index contributed by atoms with van der Waals surface area (Å²) in [7, 11) is 0. The van der Waals surface area contributed by atoms with Crippen molar-refractivity contribution >= 4 is 33.5 Å². The third kappa shape index (κ3) is 4.14. The fourth-order valence-electron chi connectivity index (χ4n) is 2.89. The van der Waals surface area contributed by atoms with E-state index in [9.17, 15) is 25.3 Å². The van der Waals surface area contributed by atoms with Gasteiger partial charge >= 0.3 is 0 Å². The molecule has 0 atom stereocenters. The Balaban J connectivity index is 2.10. The molecular formula is C21H15BrN4O4. The molecule has 2 aromatic carbocycles. The van der Waals surface area contributed by atoms with Crippen LogP contribution in [-0.4, -0.2) is 20.8 Å². The first kappa shape index (κ1) is 21.0. The number of hydrogen-bond acceptors (Lipinski definition) is 6. The van der Waals surface area contributed by atoms with Crippen LogP contribution in [0, 0.1) is 28.4 Å². The molecule has 1 aromatic heterocycles. The average molecular weight is 467 g/mol. The number of nitro benzene ring substituents is 1. The zero-order valence-corrected chi connectivity index (χ0v) is 17.3. The molecule has 3 rings (SSSR count). The predicted octanol–water partition coefficient (Wildman–Crippen LogP) is 4.20. The van der Waals surface area contributed by atoms with Gasteiger partial charge in [0.05, 0.1) is 22.7 Å². The normalized spacial score (nSPS) is 10.8. The highest BCUT2D eigenvalue weighted by Gasteiger charge is 2.18. The number of aromatic nitrogens is 1. The van der Waals surface area contributed by atoms with Gasteiger partial charge in [0, 0.05) is 22.8 Å². The summed E-state index contributed by atoms with van der Waals surface area (Å²) in [5.74, 6) is -0.317. The first-order valence-electron chi connectivity index (χ1n) is 8.72. The largest absolute Gasteiger partial charge is 0.494 e. The van der Waals surface area contributed by atoms with Crippen LogP contribution < -0.4 is 5.56 Å². The van der Waals surface area contributed by atoms with Gasteiger partial charge in [-0.2, -0.15) is 5.26 Å². The molecule has 0 saturated carbocycles. The number of hydrogen-bond donors (Lipinski definition) is 1. The maximum Gasteiger partial charge on any atom is 0.271 e. The van der Waals surface area contributed by atoms with E-state index in [2.05, 4.69) is 20.9 Å². The standard InChI is InChI=1S/C21H15BrN4O4/c1-13-16(10-23)20(27)25(12-14-5-3-2-4-6-14)21(28)17(13)11-24-19-8-7-15(26(29)30)9-18(19)22/h2-9,11,28H,12H2,1H3. The summed E-state index contributed by atoms with van der Waals surface area (Å²) in [6, 6.07) is 15.0. The molecule has 0 radical (unpaired) electrons. The highest BCUT2D eigenvalue weighted by Crippen LogP contribution is 2.30. The Morgan fingerprint density at radius 1 is 1.30 bits per heavy atom. The molecule has 0 bridgehead atoms. The lowest BCUT2D eigenvalue weighted by Gasteiger charge is -2.14. The highest BCUT2D eigenvalue weighted by molar-refractivity contribution is 9.10. The van der Waals surface area contributed by atoms with Crippen LogP contribution in [0.3, 0.4) is 0 Å². The third-order valence-corrected chi connectivity index (χ3v) is 5.14. The minimum absolute atomic E-state index is 0.0858. The van der Waals surface area contributed by atoms with Crippen LogP contribution in [0.2, 0.25) is 0 Å². The Labute approximate surface area is 179 Å². The summed E-state index contributed by atoms with van der Waals surface area (Å²) >= 11 is 3.24. The van der Waals surface area contributed by atoms with E-state index in [1.807, 2.05) is 24.3 Å². The highest BCUT2D eigenvalue weighted by atomic mass is 79.9. The molecule has 1 heterocycles. The molecule has 150 valence electrons. The molecule has 30 heavy (non-hydrogen) atoms. The van der Waals surface area contributed by atoms with Crippen molar-refractivity contribution in [1.29, 1.82) is 5.26 Å². The van der Waals surface area contributed by atoms with Crippen molar-refractivity contribution in [2.75, 3.05) is 0 Å². The van der Waals surface area contributed by atoms with Gasteiger partial charge in [-0.1, -0.05) is 30.3 Å². The lowest BCUT2D eigenvalue weighted by Crippen LogP contribution is -2.25. The van der Waals surface area contributed by atoms with Gasteiger partial charge in [0.2, 0.25) is 5.88 Å².